The summed E-state index contributed by atoms with van der Waals surface area (Å²) in [6.07, 6.45) is 4.02. The molecule has 1 N–H and O–H groups in total. The van der Waals surface area contributed by atoms with E-state index in [0.717, 1.165) is 6.42 Å². The smallest absolute Gasteiger partial charge is 0.341 e. The number of aryl methyl sites for hydroxylation is 3. The van der Waals surface area contributed by atoms with Crippen molar-refractivity contribution in [1.29, 1.82) is 0 Å². The van der Waals surface area contributed by atoms with Crippen molar-refractivity contribution in [3.05, 3.63) is 81.8 Å². The summed E-state index contributed by atoms with van der Waals surface area (Å²) in [6.45, 7) is 2.46. The number of benzene rings is 1. The lowest BCUT2D eigenvalue weighted by Gasteiger charge is -2.10. The molecule has 0 aliphatic heterocycles. The van der Waals surface area contributed by atoms with Gasteiger partial charge < -0.3 is 14.2 Å². The van der Waals surface area contributed by atoms with Crippen molar-refractivity contribution in [2.24, 2.45) is 0 Å². The summed E-state index contributed by atoms with van der Waals surface area (Å²) in [7, 11) is 0. The standard InChI is InChI=1S/C18H18N4O3/c1-13-7-9-21(17(23)16(13)18(24)25)11-15-20-19-12-22(15)10-8-14-5-3-2-4-6-14/h2-7,9,12H,8,10-11H2,1H3,(H,24,25). The normalized spacial score (nSPS) is 10.8. The van der Waals surface area contributed by atoms with E-state index in [1.165, 1.54) is 10.1 Å². The maximum Gasteiger partial charge on any atom is 0.341 e. The number of hydrogen-bond donors (Lipinski definition) is 1. The van der Waals surface area contributed by atoms with Gasteiger partial charge in [-0.25, -0.2) is 4.79 Å². The second-order valence-electron chi connectivity index (χ2n) is 5.79. The number of carbonyl (C=O) groups is 1. The Labute approximate surface area is 144 Å². The quantitative estimate of drug-likeness (QED) is 0.739. The zero-order valence-electron chi connectivity index (χ0n) is 13.8. The fraction of sp³-hybridized carbons (Fsp3) is 0.222. The van der Waals surface area contributed by atoms with Crippen molar-refractivity contribution in [2.45, 2.75) is 26.4 Å². The van der Waals surface area contributed by atoms with Gasteiger partial charge in [-0.05, 0) is 30.5 Å². The fourth-order valence-corrected chi connectivity index (χ4v) is 2.68. The number of pyridine rings is 1. The first kappa shape index (κ1) is 16.6. The number of aromatic carboxylic acids is 1. The molecule has 7 nitrogen and oxygen atoms in total. The van der Waals surface area contributed by atoms with Gasteiger partial charge in [0.2, 0.25) is 0 Å². The van der Waals surface area contributed by atoms with Gasteiger partial charge in [-0.2, -0.15) is 0 Å². The van der Waals surface area contributed by atoms with Crippen molar-refractivity contribution in [3.8, 4) is 0 Å². The van der Waals surface area contributed by atoms with Crippen molar-refractivity contribution < 1.29 is 9.90 Å². The third-order valence-electron chi connectivity index (χ3n) is 4.08. The van der Waals surface area contributed by atoms with E-state index in [1.807, 2.05) is 34.9 Å². The topological polar surface area (TPSA) is 90.0 Å². The highest BCUT2D eigenvalue weighted by molar-refractivity contribution is 5.88. The molecule has 3 rings (SSSR count). The van der Waals surface area contributed by atoms with E-state index in [1.54, 1.807) is 25.5 Å². The Morgan fingerprint density at radius 2 is 1.92 bits per heavy atom. The van der Waals surface area contributed by atoms with Crippen LogP contribution in [0.25, 0.3) is 0 Å². The van der Waals surface area contributed by atoms with Crippen molar-refractivity contribution in [3.63, 3.8) is 0 Å². The van der Waals surface area contributed by atoms with Crippen LogP contribution in [0.4, 0.5) is 0 Å². The van der Waals surface area contributed by atoms with E-state index < -0.39 is 11.5 Å². The van der Waals surface area contributed by atoms with E-state index in [0.29, 0.717) is 17.9 Å². The molecule has 0 fully saturated rings. The monoisotopic (exact) mass is 338 g/mol. The lowest BCUT2D eigenvalue weighted by Crippen LogP contribution is -2.28. The molecule has 2 heterocycles. The van der Waals surface area contributed by atoms with Gasteiger partial charge in [0.1, 0.15) is 11.9 Å². The highest BCUT2D eigenvalue weighted by Gasteiger charge is 2.15. The van der Waals surface area contributed by atoms with Gasteiger partial charge in [0.05, 0.1) is 6.54 Å². The summed E-state index contributed by atoms with van der Waals surface area (Å²) in [5.74, 6) is -0.611. The predicted molar refractivity (Wildman–Crippen MR) is 91.7 cm³/mol. The van der Waals surface area contributed by atoms with E-state index >= 15 is 0 Å². The predicted octanol–water partition coefficient (Wildman–Crippen LogP) is 1.74. The number of carboxylic acids is 1. The molecule has 128 valence electrons. The molecule has 0 aliphatic carbocycles. The van der Waals surface area contributed by atoms with Crippen LogP contribution in [0.15, 0.2) is 53.7 Å². The van der Waals surface area contributed by atoms with Gasteiger partial charge in [-0.15, -0.1) is 10.2 Å². The van der Waals surface area contributed by atoms with Gasteiger partial charge in [-0.3, -0.25) is 4.79 Å². The molecule has 2 aromatic heterocycles. The average molecular weight is 338 g/mol. The number of rotatable bonds is 6. The van der Waals surface area contributed by atoms with Crippen LogP contribution < -0.4 is 5.56 Å². The first-order chi connectivity index (χ1) is 12.1. The molecule has 0 atom stereocenters. The second-order valence-corrected chi connectivity index (χ2v) is 5.79. The van der Waals surface area contributed by atoms with E-state index in [4.69, 9.17) is 0 Å². The molecular formula is C18H18N4O3. The molecule has 0 amide bonds. The molecule has 0 saturated heterocycles. The van der Waals surface area contributed by atoms with Gasteiger partial charge in [0, 0.05) is 12.7 Å². The van der Waals surface area contributed by atoms with Crippen molar-refractivity contribution in [1.82, 2.24) is 19.3 Å². The van der Waals surface area contributed by atoms with Crippen LogP contribution in [0.3, 0.4) is 0 Å². The minimum absolute atomic E-state index is 0.175. The number of nitrogens with zero attached hydrogens (tertiary/aromatic N) is 4. The Balaban J connectivity index is 1.81. The van der Waals surface area contributed by atoms with Crippen LogP contribution in [0.2, 0.25) is 0 Å². The highest BCUT2D eigenvalue weighted by atomic mass is 16.4. The molecule has 7 heteroatoms. The van der Waals surface area contributed by atoms with Crippen LogP contribution in [0.5, 0.6) is 0 Å². The third kappa shape index (κ3) is 3.65. The van der Waals surface area contributed by atoms with E-state index in [-0.39, 0.29) is 12.1 Å². The number of hydrogen-bond acceptors (Lipinski definition) is 4. The maximum absolute atomic E-state index is 12.4. The molecule has 0 saturated carbocycles. The van der Waals surface area contributed by atoms with Crippen LogP contribution >= 0.6 is 0 Å². The number of carboxylic acid groups (broad SMARTS) is 1. The van der Waals surface area contributed by atoms with Crippen LogP contribution in [0.1, 0.15) is 27.3 Å². The Morgan fingerprint density at radius 1 is 1.16 bits per heavy atom. The molecule has 25 heavy (non-hydrogen) atoms. The number of aromatic nitrogens is 4. The lowest BCUT2D eigenvalue weighted by atomic mass is 10.1. The van der Waals surface area contributed by atoms with Gasteiger partial charge in [0.15, 0.2) is 5.82 Å². The molecular weight excluding hydrogens is 320 g/mol. The first-order valence-corrected chi connectivity index (χ1v) is 7.90. The van der Waals surface area contributed by atoms with Crippen LogP contribution in [-0.4, -0.2) is 30.4 Å². The van der Waals surface area contributed by atoms with E-state index in [9.17, 15) is 14.7 Å². The van der Waals surface area contributed by atoms with Crippen molar-refractivity contribution in [2.75, 3.05) is 0 Å². The summed E-state index contributed by atoms with van der Waals surface area (Å²) in [5.41, 5.74) is 0.894. The molecule has 3 aromatic rings. The molecule has 0 unspecified atom stereocenters. The Morgan fingerprint density at radius 3 is 2.64 bits per heavy atom. The van der Waals surface area contributed by atoms with Crippen LogP contribution in [0, 0.1) is 6.92 Å². The minimum Gasteiger partial charge on any atom is -0.477 e. The summed E-state index contributed by atoms with van der Waals surface area (Å²) >= 11 is 0. The minimum atomic E-state index is -1.22. The zero-order chi connectivity index (χ0) is 17.8. The molecule has 0 bridgehead atoms. The largest absolute Gasteiger partial charge is 0.477 e. The van der Waals surface area contributed by atoms with E-state index in [2.05, 4.69) is 10.2 Å². The van der Waals surface area contributed by atoms with Gasteiger partial charge >= 0.3 is 5.97 Å². The van der Waals surface area contributed by atoms with Crippen LogP contribution in [-0.2, 0) is 19.5 Å². The molecule has 1 aromatic carbocycles. The maximum atomic E-state index is 12.4. The zero-order valence-corrected chi connectivity index (χ0v) is 13.8. The molecule has 0 aliphatic rings. The Kier molecular flexibility index (Phi) is 4.74. The third-order valence-corrected chi connectivity index (χ3v) is 4.08. The SMILES string of the molecule is Cc1ccn(Cc2nncn2CCc2ccccc2)c(=O)c1C(=O)O. The highest BCUT2D eigenvalue weighted by Crippen LogP contribution is 2.06. The fourth-order valence-electron chi connectivity index (χ4n) is 2.68. The first-order valence-electron chi connectivity index (χ1n) is 7.90. The summed E-state index contributed by atoms with van der Waals surface area (Å²) < 4.78 is 3.22. The summed E-state index contributed by atoms with van der Waals surface area (Å²) in [6, 6.07) is 11.7. The summed E-state index contributed by atoms with van der Waals surface area (Å²) in [5, 5.41) is 17.2. The average Bonchev–Trinajstić information content (AvgIpc) is 3.03. The Bertz CT molecular complexity index is 944. The van der Waals surface area contributed by atoms with Crippen molar-refractivity contribution >= 4 is 5.97 Å². The lowest BCUT2D eigenvalue weighted by molar-refractivity contribution is 0.0693. The van der Waals surface area contributed by atoms with Gasteiger partial charge in [-0.1, -0.05) is 30.3 Å². The molecule has 0 spiro atoms. The molecule has 0 radical (unpaired) electrons. The summed E-state index contributed by atoms with van der Waals surface area (Å²) in [4.78, 5) is 23.6. The Hall–Kier alpha value is -3.22. The van der Waals surface area contributed by atoms with Gasteiger partial charge in [0.25, 0.3) is 5.56 Å². The second kappa shape index (κ2) is 7.12.